The minimum Gasteiger partial charge on any atom is -0.353 e. The summed E-state index contributed by atoms with van der Waals surface area (Å²) in [7, 11) is 0. The van der Waals surface area contributed by atoms with Gasteiger partial charge in [-0.15, -0.1) is 0 Å². The van der Waals surface area contributed by atoms with E-state index in [1.54, 1.807) is 6.92 Å². The third kappa shape index (κ3) is 1.64. The van der Waals surface area contributed by atoms with Gasteiger partial charge in [-0.3, -0.25) is 9.59 Å². The van der Waals surface area contributed by atoms with Gasteiger partial charge in [0.25, 0.3) is 0 Å². The van der Waals surface area contributed by atoms with E-state index in [1.165, 1.54) is 0 Å². The molecule has 0 aliphatic carbocycles. The van der Waals surface area contributed by atoms with Crippen molar-refractivity contribution in [3.05, 3.63) is 35.9 Å². The minimum absolute atomic E-state index is 0.0217. The average Bonchev–Trinajstić information content (AvgIpc) is 3.13. The molecule has 6 atom stereocenters. The van der Waals surface area contributed by atoms with E-state index < -0.39 is 6.29 Å². The first kappa shape index (κ1) is 13.5. The molecule has 5 heteroatoms. The maximum atomic E-state index is 12.8. The Bertz CT molecular complexity index is 742. The number of fused-ring (bicyclic) bond motifs is 8. The number of Topliss-reactive ketones (excluding diaryl/α,β-unsaturated/α-hetero) is 2. The Morgan fingerprint density at radius 1 is 1.30 bits per heavy atom. The molecule has 5 nitrogen and oxygen atoms in total. The Hall–Kier alpha value is -1.98. The van der Waals surface area contributed by atoms with Crippen LogP contribution in [-0.2, 0) is 19.1 Å². The molecule has 0 spiro atoms. The lowest BCUT2D eigenvalue weighted by atomic mass is 9.78. The molecule has 4 heterocycles. The number of rotatable bonds is 1. The van der Waals surface area contributed by atoms with Gasteiger partial charge in [0.1, 0.15) is 0 Å². The average molecular weight is 311 g/mol. The maximum absolute atomic E-state index is 12.8. The Morgan fingerprint density at radius 2 is 2.13 bits per heavy atom. The van der Waals surface area contributed by atoms with Crippen molar-refractivity contribution in [2.45, 2.75) is 31.4 Å². The van der Waals surface area contributed by atoms with E-state index in [1.807, 2.05) is 24.3 Å². The smallest absolute Gasteiger partial charge is 0.218 e. The molecule has 4 aliphatic heterocycles. The molecule has 0 unspecified atom stereocenters. The molecule has 4 aliphatic rings. The number of para-hydroxylation sites is 1. The van der Waals surface area contributed by atoms with Crippen molar-refractivity contribution in [1.29, 1.82) is 0 Å². The predicted octanol–water partition coefficient (Wildman–Crippen LogP) is 1.42. The Balaban J connectivity index is 1.69. The molecule has 1 aromatic carbocycles. The van der Waals surface area contributed by atoms with Crippen molar-refractivity contribution in [1.82, 2.24) is 0 Å². The summed E-state index contributed by atoms with van der Waals surface area (Å²) in [5.41, 5.74) is 2.11. The summed E-state index contributed by atoms with van der Waals surface area (Å²) in [6.07, 6.45) is 3.19. The third-order valence-electron chi connectivity index (χ3n) is 5.57. The number of anilines is 1. The summed E-state index contributed by atoms with van der Waals surface area (Å²) < 4.78 is 11.2. The zero-order valence-corrected chi connectivity index (χ0v) is 12.7. The van der Waals surface area contributed by atoms with Gasteiger partial charge in [0.05, 0.1) is 30.7 Å². The SMILES string of the molecule is CC(=O)[C@@H]1[C@H]2[C@@H](C(=O)[C@@H]3OC[C@H]2O3)[C@H]2C=Cc3ccccc3N21. The quantitative estimate of drug-likeness (QED) is 0.785. The second kappa shape index (κ2) is 4.52. The van der Waals surface area contributed by atoms with E-state index in [0.29, 0.717) is 6.61 Å². The number of hydrogen-bond donors (Lipinski definition) is 0. The lowest BCUT2D eigenvalue weighted by molar-refractivity contribution is -0.164. The van der Waals surface area contributed by atoms with E-state index >= 15 is 0 Å². The number of benzene rings is 1. The lowest BCUT2D eigenvalue weighted by Gasteiger charge is -2.35. The fourth-order valence-electron chi connectivity index (χ4n) is 4.74. The molecule has 3 saturated heterocycles. The van der Waals surface area contributed by atoms with E-state index in [9.17, 15) is 9.59 Å². The Labute approximate surface area is 133 Å². The van der Waals surface area contributed by atoms with Crippen LogP contribution < -0.4 is 4.90 Å². The number of ketones is 2. The fraction of sp³-hybridized carbons (Fsp3) is 0.444. The predicted molar refractivity (Wildman–Crippen MR) is 82.8 cm³/mol. The molecule has 5 rings (SSSR count). The molecule has 3 fully saturated rings. The van der Waals surface area contributed by atoms with Crippen LogP contribution in [0.1, 0.15) is 12.5 Å². The summed E-state index contributed by atoms with van der Waals surface area (Å²) in [5, 5.41) is 0. The molecular formula is C18H17NO4. The first-order valence-electron chi connectivity index (χ1n) is 8.03. The van der Waals surface area contributed by atoms with Crippen molar-refractivity contribution < 1.29 is 19.1 Å². The van der Waals surface area contributed by atoms with Crippen LogP contribution in [0, 0.1) is 11.8 Å². The van der Waals surface area contributed by atoms with Gasteiger partial charge >= 0.3 is 0 Å². The molecule has 2 bridgehead atoms. The molecule has 0 amide bonds. The summed E-state index contributed by atoms with van der Waals surface area (Å²) >= 11 is 0. The Morgan fingerprint density at radius 3 is 2.96 bits per heavy atom. The van der Waals surface area contributed by atoms with E-state index in [4.69, 9.17) is 9.47 Å². The largest absolute Gasteiger partial charge is 0.353 e. The van der Waals surface area contributed by atoms with E-state index in [-0.39, 0.29) is 41.6 Å². The minimum atomic E-state index is -0.751. The van der Waals surface area contributed by atoms with Crippen molar-refractivity contribution >= 4 is 23.3 Å². The van der Waals surface area contributed by atoms with Gasteiger partial charge in [-0.05, 0) is 18.6 Å². The molecule has 0 saturated carbocycles. The van der Waals surface area contributed by atoms with Crippen LogP contribution in [0.3, 0.4) is 0 Å². The van der Waals surface area contributed by atoms with Crippen LogP contribution in [0.2, 0.25) is 0 Å². The molecule has 0 aromatic heterocycles. The molecule has 0 N–H and O–H groups in total. The molecular weight excluding hydrogens is 294 g/mol. The van der Waals surface area contributed by atoms with Gasteiger partial charge in [0, 0.05) is 11.6 Å². The van der Waals surface area contributed by atoms with Crippen molar-refractivity contribution in [3.8, 4) is 0 Å². The Kier molecular flexibility index (Phi) is 2.65. The van der Waals surface area contributed by atoms with Gasteiger partial charge in [-0.25, -0.2) is 0 Å². The summed E-state index contributed by atoms with van der Waals surface area (Å²) in [4.78, 5) is 27.4. The highest BCUT2D eigenvalue weighted by Crippen LogP contribution is 2.50. The van der Waals surface area contributed by atoms with Gasteiger partial charge in [0.15, 0.2) is 11.6 Å². The van der Waals surface area contributed by atoms with Crippen molar-refractivity contribution in [3.63, 3.8) is 0 Å². The number of carbonyl (C=O) groups excluding carboxylic acids is 2. The highest BCUT2D eigenvalue weighted by Gasteiger charge is 2.62. The standard InChI is InChI=1S/C18H17NO4/c1-9(20)16-15-13-8-22-18(23-13)17(21)14(15)12-7-6-10-4-2-3-5-11(10)19(12)16/h2-7,12-16,18H,8H2,1H3/t12-,13-,14+,15-,16-,18-/m1/s1. The van der Waals surface area contributed by atoms with Crippen LogP contribution in [0.4, 0.5) is 5.69 Å². The fourth-order valence-corrected chi connectivity index (χ4v) is 4.74. The number of nitrogens with zero attached hydrogens (tertiary/aromatic N) is 1. The highest BCUT2D eigenvalue weighted by atomic mass is 16.7. The summed E-state index contributed by atoms with van der Waals surface area (Å²) in [5.74, 6) is -0.319. The van der Waals surface area contributed by atoms with Crippen molar-refractivity contribution in [2.75, 3.05) is 11.5 Å². The highest BCUT2D eigenvalue weighted by molar-refractivity contribution is 5.95. The van der Waals surface area contributed by atoms with E-state index in [2.05, 4.69) is 17.1 Å². The monoisotopic (exact) mass is 311 g/mol. The molecule has 118 valence electrons. The van der Waals surface area contributed by atoms with Crippen molar-refractivity contribution in [2.24, 2.45) is 11.8 Å². The first-order valence-corrected chi connectivity index (χ1v) is 8.03. The maximum Gasteiger partial charge on any atom is 0.218 e. The van der Waals surface area contributed by atoms with Crippen LogP contribution in [0.15, 0.2) is 30.3 Å². The van der Waals surface area contributed by atoms with Gasteiger partial charge in [-0.2, -0.15) is 0 Å². The van der Waals surface area contributed by atoms with Gasteiger partial charge < -0.3 is 14.4 Å². The van der Waals surface area contributed by atoms with Gasteiger partial charge in [-0.1, -0.05) is 30.4 Å². The van der Waals surface area contributed by atoms with E-state index in [0.717, 1.165) is 11.3 Å². The number of carbonyl (C=O) groups is 2. The second-order valence-electron chi connectivity index (χ2n) is 6.72. The number of ether oxygens (including phenoxy) is 2. The second-order valence-corrected chi connectivity index (χ2v) is 6.72. The zero-order valence-electron chi connectivity index (χ0n) is 12.7. The normalized spacial score (nSPS) is 39.9. The summed E-state index contributed by atoms with van der Waals surface area (Å²) in [6.45, 7) is 2.00. The zero-order chi connectivity index (χ0) is 15.7. The van der Waals surface area contributed by atoms with Crippen LogP contribution >= 0.6 is 0 Å². The number of hydrogen-bond acceptors (Lipinski definition) is 5. The molecule has 23 heavy (non-hydrogen) atoms. The first-order chi connectivity index (χ1) is 11.2. The topological polar surface area (TPSA) is 55.8 Å². The molecule has 0 radical (unpaired) electrons. The third-order valence-corrected chi connectivity index (χ3v) is 5.57. The summed E-state index contributed by atoms with van der Waals surface area (Å²) in [6, 6.07) is 7.59. The molecule has 1 aromatic rings. The van der Waals surface area contributed by atoms with Crippen LogP contribution in [0.25, 0.3) is 6.08 Å². The van der Waals surface area contributed by atoms with Gasteiger partial charge in [0.2, 0.25) is 6.29 Å². The van der Waals surface area contributed by atoms with Crippen LogP contribution in [0.5, 0.6) is 0 Å². The lowest BCUT2D eigenvalue weighted by Crippen LogP contribution is -2.48. The van der Waals surface area contributed by atoms with Crippen LogP contribution in [-0.4, -0.2) is 42.7 Å².